The lowest BCUT2D eigenvalue weighted by Crippen LogP contribution is -2.52. The summed E-state index contributed by atoms with van der Waals surface area (Å²) in [7, 11) is 1.76. The summed E-state index contributed by atoms with van der Waals surface area (Å²) in [5.41, 5.74) is 0. The highest BCUT2D eigenvalue weighted by molar-refractivity contribution is 8.00. The molecule has 1 heterocycles. The van der Waals surface area contributed by atoms with Gasteiger partial charge in [-0.05, 0) is 19.8 Å². The van der Waals surface area contributed by atoms with Gasteiger partial charge in [-0.15, -0.1) is 11.8 Å². The van der Waals surface area contributed by atoms with Crippen molar-refractivity contribution in [3.05, 3.63) is 0 Å². The molecule has 5 nitrogen and oxygen atoms in total. The van der Waals surface area contributed by atoms with E-state index in [2.05, 4.69) is 6.92 Å². The molecule has 0 radical (unpaired) electrons. The van der Waals surface area contributed by atoms with Gasteiger partial charge in [-0.2, -0.15) is 0 Å². The zero-order valence-electron chi connectivity index (χ0n) is 12.1. The van der Waals surface area contributed by atoms with Crippen LogP contribution in [0.3, 0.4) is 0 Å². The number of carboxylic acids is 1. The second kappa shape index (κ2) is 7.03. The fraction of sp³-hybridized carbons (Fsp3) is 0.846. The van der Waals surface area contributed by atoms with E-state index in [1.54, 1.807) is 28.6 Å². The Bertz CT molecular complexity index is 338. The van der Waals surface area contributed by atoms with Crippen LogP contribution in [0.4, 0.5) is 4.79 Å². The van der Waals surface area contributed by atoms with Crippen molar-refractivity contribution in [3.8, 4) is 0 Å². The number of thioether (sulfide) groups is 1. The number of amides is 2. The molecule has 1 aliphatic rings. The molecule has 0 saturated carbocycles. The highest BCUT2D eigenvalue weighted by Gasteiger charge is 2.42. The minimum atomic E-state index is -0.909. The van der Waals surface area contributed by atoms with Gasteiger partial charge < -0.3 is 10.0 Å². The molecule has 3 atom stereocenters. The van der Waals surface area contributed by atoms with Gasteiger partial charge in [0.2, 0.25) is 0 Å². The van der Waals surface area contributed by atoms with Gasteiger partial charge in [0, 0.05) is 18.8 Å². The minimum absolute atomic E-state index is 0.0233. The van der Waals surface area contributed by atoms with Gasteiger partial charge in [-0.1, -0.05) is 20.3 Å². The Morgan fingerprint density at radius 2 is 2.11 bits per heavy atom. The van der Waals surface area contributed by atoms with E-state index in [-0.39, 0.29) is 17.4 Å². The molecule has 1 aliphatic heterocycles. The van der Waals surface area contributed by atoms with Crippen LogP contribution in [0.15, 0.2) is 0 Å². The van der Waals surface area contributed by atoms with Gasteiger partial charge in [0.1, 0.15) is 6.04 Å². The maximum Gasteiger partial charge on any atom is 0.327 e. The van der Waals surface area contributed by atoms with Crippen molar-refractivity contribution >= 4 is 23.8 Å². The Balaban J connectivity index is 2.83. The largest absolute Gasteiger partial charge is 0.480 e. The van der Waals surface area contributed by atoms with Crippen LogP contribution in [0, 0.1) is 0 Å². The summed E-state index contributed by atoms with van der Waals surface area (Å²) < 4.78 is 0. The molecule has 1 rings (SSSR count). The first-order valence-electron chi connectivity index (χ1n) is 6.83. The highest BCUT2D eigenvalue weighted by atomic mass is 32.2. The smallest absolute Gasteiger partial charge is 0.327 e. The predicted octanol–water partition coefficient (Wildman–Crippen LogP) is 2.46. The lowest BCUT2D eigenvalue weighted by atomic mass is 10.2. The van der Waals surface area contributed by atoms with Crippen molar-refractivity contribution in [2.24, 2.45) is 0 Å². The van der Waals surface area contributed by atoms with Crippen LogP contribution in [0.5, 0.6) is 0 Å². The van der Waals surface area contributed by atoms with Crippen molar-refractivity contribution in [1.82, 2.24) is 9.80 Å². The summed E-state index contributed by atoms with van der Waals surface area (Å²) in [6.07, 6.45) is 2.71. The first kappa shape index (κ1) is 16.1. The van der Waals surface area contributed by atoms with E-state index >= 15 is 0 Å². The number of hydrogen-bond acceptors (Lipinski definition) is 3. The quantitative estimate of drug-likeness (QED) is 0.844. The predicted molar refractivity (Wildman–Crippen MR) is 77.3 cm³/mol. The lowest BCUT2D eigenvalue weighted by molar-refractivity contribution is -0.141. The summed E-state index contributed by atoms with van der Waals surface area (Å²) in [6.45, 7) is 6.06. The van der Waals surface area contributed by atoms with Gasteiger partial charge in [-0.3, -0.25) is 4.90 Å². The van der Waals surface area contributed by atoms with Gasteiger partial charge in [-0.25, -0.2) is 9.59 Å². The Morgan fingerprint density at radius 1 is 1.47 bits per heavy atom. The van der Waals surface area contributed by atoms with Gasteiger partial charge in [0.15, 0.2) is 0 Å². The number of aliphatic carboxylic acids is 1. The average molecular weight is 288 g/mol. The number of nitrogens with zero attached hydrogens (tertiary/aromatic N) is 2. The van der Waals surface area contributed by atoms with Crippen molar-refractivity contribution in [2.45, 2.75) is 57.5 Å². The molecule has 0 aromatic rings. The Kier molecular flexibility index (Phi) is 5.97. The van der Waals surface area contributed by atoms with E-state index in [9.17, 15) is 14.7 Å². The third-order valence-electron chi connectivity index (χ3n) is 3.62. The van der Waals surface area contributed by atoms with E-state index in [0.29, 0.717) is 5.75 Å². The second-order valence-corrected chi connectivity index (χ2v) is 6.20. The van der Waals surface area contributed by atoms with Crippen LogP contribution in [0.2, 0.25) is 0 Å². The molecule has 0 bridgehead atoms. The molecule has 1 fully saturated rings. The van der Waals surface area contributed by atoms with E-state index in [0.717, 1.165) is 19.3 Å². The summed E-state index contributed by atoms with van der Waals surface area (Å²) in [5, 5.41) is 9.22. The normalized spacial score (nSPS) is 24.3. The average Bonchev–Trinajstić information content (AvgIpc) is 2.81. The van der Waals surface area contributed by atoms with Gasteiger partial charge in [0.05, 0.1) is 5.37 Å². The second-order valence-electron chi connectivity index (χ2n) is 4.99. The van der Waals surface area contributed by atoms with E-state index in [1.807, 2.05) is 13.8 Å². The molecule has 2 amide bonds. The maximum atomic E-state index is 12.5. The number of carboxylic acid groups (broad SMARTS) is 1. The molecular formula is C13H24N2O3S. The lowest BCUT2D eigenvalue weighted by Gasteiger charge is -2.34. The number of carbonyl (C=O) groups excluding carboxylic acids is 1. The highest BCUT2D eigenvalue weighted by Crippen LogP contribution is 2.32. The Labute approximate surface area is 119 Å². The topological polar surface area (TPSA) is 60.9 Å². The van der Waals surface area contributed by atoms with Crippen LogP contribution in [-0.2, 0) is 4.79 Å². The molecule has 0 spiro atoms. The van der Waals surface area contributed by atoms with Crippen molar-refractivity contribution in [3.63, 3.8) is 0 Å². The summed E-state index contributed by atoms with van der Waals surface area (Å²) in [5.74, 6) is -0.427. The zero-order chi connectivity index (χ0) is 14.6. The van der Waals surface area contributed by atoms with Crippen molar-refractivity contribution in [1.29, 1.82) is 0 Å². The monoisotopic (exact) mass is 288 g/mol. The third-order valence-corrected chi connectivity index (χ3v) is 5.07. The van der Waals surface area contributed by atoms with E-state index in [1.165, 1.54) is 0 Å². The van der Waals surface area contributed by atoms with Crippen LogP contribution < -0.4 is 0 Å². The molecule has 3 unspecified atom stereocenters. The number of rotatable bonds is 5. The third kappa shape index (κ3) is 3.55. The first-order chi connectivity index (χ1) is 8.93. The van der Waals surface area contributed by atoms with Crippen LogP contribution in [-0.4, -0.2) is 57.2 Å². The standard InChI is InChI=1S/C13H24N2O3S/c1-5-7-9(3)14(4)13(18)15-10(12(16)17)8-19-11(15)6-2/h9-11H,5-8H2,1-4H3,(H,16,17). The van der Waals surface area contributed by atoms with Gasteiger partial charge in [0.25, 0.3) is 0 Å². The SMILES string of the molecule is CCCC(C)N(C)C(=O)N1C(CC)SCC1C(=O)O. The molecule has 1 saturated heterocycles. The van der Waals surface area contributed by atoms with Crippen LogP contribution >= 0.6 is 11.8 Å². The molecule has 19 heavy (non-hydrogen) atoms. The molecule has 0 aromatic carbocycles. The molecule has 0 aliphatic carbocycles. The first-order valence-corrected chi connectivity index (χ1v) is 7.88. The van der Waals surface area contributed by atoms with Gasteiger partial charge >= 0.3 is 12.0 Å². The summed E-state index contributed by atoms with van der Waals surface area (Å²) in [4.78, 5) is 27.0. The zero-order valence-corrected chi connectivity index (χ0v) is 12.9. The molecular weight excluding hydrogens is 264 g/mol. The summed E-state index contributed by atoms with van der Waals surface area (Å²) >= 11 is 1.56. The van der Waals surface area contributed by atoms with Crippen molar-refractivity contribution < 1.29 is 14.7 Å². The van der Waals surface area contributed by atoms with E-state index < -0.39 is 12.0 Å². The van der Waals surface area contributed by atoms with Crippen LogP contribution in [0.1, 0.15) is 40.0 Å². The molecule has 1 N–H and O–H groups in total. The number of urea groups is 1. The number of hydrogen-bond donors (Lipinski definition) is 1. The molecule has 6 heteroatoms. The maximum absolute atomic E-state index is 12.5. The fourth-order valence-electron chi connectivity index (χ4n) is 2.31. The summed E-state index contributed by atoms with van der Waals surface area (Å²) in [6, 6.07) is -0.723. The number of carbonyl (C=O) groups is 2. The Morgan fingerprint density at radius 3 is 2.58 bits per heavy atom. The molecule has 110 valence electrons. The fourth-order valence-corrected chi connectivity index (χ4v) is 3.65. The van der Waals surface area contributed by atoms with Crippen LogP contribution in [0.25, 0.3) is 0 Å². The Hall–Kier alpha value is -0.910. The van der Waals surface area contributed by atoms with E-state index in [4.69, 9.17) is 0 Å². The van der Waals surface area contributed by atoms with Crippen molar-refractivity contribution in [2.75, 3.05) is 12.8 Å². The minimum Gasteiger partial charge on any atom is -0.480 e. The molecule has 0 aromatic heterocycles.